The van der Waals surface area contributed by atoms with Crippen molar-refractivity contribution in [3.63, 3.8) is 0 Å². The highest BCUT2D eigenvalue weighted by Crippen LogP contribution is 2.34. The molecule has 0 unspecified atom stereocenters. The van der Waals surface area contributed by atoms with Crippen molar-refractivity contribution in [2.75, 3.05) is 0 Å². The van der Waals surface area contributed by atoms with Crippen molar-refractivity contribution in [3.8, 4) is 56.0 Å². The van der Waals surface area contributed by atoms with Crippen molar-refractivity contribution in [3.05, 3.63) is 158 Å². The molecule has 0 aliphatic carbocycles. The lowest BCUT2D eigenvalue weighted by Crippen LogP contribution is -2.13. The maximum absolute atomic E-state index is 12.5. The topological polar surface area (TPSA) is 35.5 Å². The van der Waals surface area contributed by atoms with Crippen LogP contribution in [0.1, 0.15) is 0 Å². The second-order valence-electron chi connectivity index (χ2n) is 9.33. The largest absolute Gasteiger partial charge is 0.519 e. The van der Waals surface area contributed by atoms with Gasteiger partial charge in [0.15, 0.2) is 0 Å². The Kier molecular flexibility index (Phi) is 7.19. The Morgan fingerprint density at radius 3 is 0.925 bits per heavy atom. The Morgan fingerprint density at radius 1 is 0.325 bits per heavy atom. The fourth-order valence-corrected chi connectivity index (χ4v) is 4.83. The van der Waals surface area contributed by atoms with Gasteiger partial charge in [-0.05, 0) is 68.8 Å². The molecule has 3 heteroatoms. The van der Waals surface area contributed by atoms with Crippen molar-refractivity contribution in [1.29, 1.82) is 0 Å². The summed E-state index contributed by atoms with van der Waals surface area (Å²) in [6, 6.07) is 52.0. The Hall–Kier alpha value is -5.41. The zero-order chi connectivity index (χ0) is 27.1. The molecule has 0 amide bonds. The average molecular weight is 519 g/mol. The van der Waals surface area contributed by atoms with Crippen LogP contribution in [0.15, 0.2) is 158 Å². The highest BCUT2D eigenvalue weighted by atomic mass is 16.7. The van der Waals surface area contributed by atoms with Gasteiger partial charge in [-0.1, -0.05) is 133 Å². The second-order valence-corrected chi connectivity index (χ2v) is 9.33. The molecule has 0 aliphatic heterocycles. The highest BCUT2D eigenvalue weighted by molar-refractivity contribution is 5.84. The highest BCUT2D eigenvalue weighted by Gasteiger charge is 2.12. The molecule has 0 aromatic heterocycles. The lowest BCUT2D eigenvalue weighted by molar-refractivity contribution is 0.152. The third-order valence-electron chi connectivity index (χ3n) is 6.76. The Morgan fingerprint density at radius 2 is 0.600 bits per heavy atom. The van der Waals surface area contributed by atoms with Crippen LogP contribution in [0.4, 0.5) is 4.79 Å². The molecule has 0 heterocycles. The Bertz CT molecular complexity index is 1590. The molecule has 0 aliphatic rings. The summed E-state index contributed by atoms with van der Waals surface area (Å²) in [5.41, 5.74) is 8.87. The van der Waals surface area contributed by atoms with Crippen molar-refractivity contribution >= 4 is 6.16 Å². The van der Waals surface area contributed by atoms with Gasteiger partial charge in [0, 0.05) is 0 Å². The minimum atomic E-state index is -0.783. The lowest BCUT2D eigenvalue weighted by atomic mass is 9.95. The van der Waals surface area contributed by atoms with E-state index in [0.29, 0.717) is 11.5 Å². The maximum atomic E-state index is 12.5. The molecule has 0 fully saturated rings. The predicted octanol–water partition coefficient (Wildman–Crippen LogP) is 9.93. The first-order valence-corrected chi connectivity index (χ1v) is 13.1. The number of hydrogen-bond donors (Lipinski definition) is 0. The zero-order valence-electron chi connectivity index (χ0n) is 21.7. The van der Waals surface area contributed by atoms with Crippen LogP contribution < -0.4 is 9.47 Å². The molecule has 6 aromatic carbocycles. The molecular formula is C37H26O3. The Labute approximate surface area is 233 Å². The molecule has 6 aromatic rings. The van der Waals surface area contributed by atoms with Gasteiger partial charge in [0.2, 0.25) is 0 Å². The van der Waals surface area contributed by atoms with E-state index in [1.54, 1.807) is 24.3 Å². The summed E-state index contributed by atoms with van der Waals surface area (Å²) in [6.45, 7) is 0. The molecule has 6 rings (SSSR count). The maximum Gasteiger partial charge on any atom is 0.519 e. The molecule has 40 heavy (non-hydrogen) atoms. The third kappa shape index (κ3) is 5.54. The van der Waals surface area contributed by atoms with Crippen molar-refractivity contribution in [1.82, 2.24) is 0 Å². The number of benzene rings is 6. The van der Waals surface area contributed by atoms with Crippen LogP contribution >= 0.6 is 0 Å². The third-order valence-corrected chi connectivity index (χ3v) is 6.76. The fraction of sp³-hybridized carbons (Fsp3) is 0. The van der Waals surface area contributed by atoms with Gasteiger partial charge < -0.3 is 9.47 Å². The molecule has 3 nitrogen and oxygen atoms in total. The molecule has 0 radical (unpaired) electrons. The summed E-state index contributed by atoms with van der Waals surface area (Å²) >= 11 is 0. The summed E-state index contributed by atoms with van der Waals surface area (Å²) in [6.07, 6.45) is -0.783. The summed E-state index contributed by atoms with van der Waals surface area (Å²) in [4.78, 5) is 12.5. The molecule has 0 bridgehead atoms. The molecular weight excluding hydrogens is 492 g/mol. The van der Waals surface area contributed by atoms with Gasteiger partial charge in [0.05, 0.1) is 0 Å². The minimum Gasteiger partial charge on any atom is -0.395 e. The lowest BCUT2D eigenvalue weighted by Gasteiger charge is -2.12. The van der Waals surface area contributed by atoms with E-state index < -0.39 is 6.16 Å². The second kappa shape index (κ2) is 11.5. The van der Waals surface area contributed by atoms with Gasteiger partial charge in [0.25, 0.3) is 0 Å². The summed E-state index contributed by atoms with van der Waals surface area (Å²) in [5.74, 6) is 0.832. The Balaban J connectivity index is 1.13. The van der Waals surface area contributed by atoms with Crippen molar-refractivity contribution in [2.24, 2.45) is 0 Å². The molecule has 0 saturated heterocycles. The monoisotopic (exact) mass is 518 g/mol. The van der Waals surface area contributed by atoms with Gasteiger partial charge in [0.1, 0.15) is 11.5 Å². The van der Waals surface area contributed by atoms with Crippen LogP contribution in [-0.4, -0.2) is 6.16 Å². The van der Waals surface area contributed by atoms with E-state index in [1.807, 2.05) is 84.9 Å². The quantitative estimate of drug-likeness (QED) is 0.163. The number of carbonyl (C=O) groups is 1. The normalized spacial score (nSPS) is 10.6. The van der Waals surface area contributed by atoms with Gasteiger partial charge in [-0.25, -0.2) is 4.79 Å². The van der Waals surface area contributed by atoms with E-state index in [1.165, 1.54) is 0 Å². The van der Waals surface area contributed by atoms with Crippen molar-refractivity contribution < 1.29 is 14.3 Å². The minimum absolute atomic E-state index is 0.416. The van der Waals surface area contributed by atoms with Crippen LogP contribution in [0, 0.1) is 0 Å². The SMILES string of the molecule is O=C(Oc1ccc(-c2ccccc2-c2ccccc2)cc1)Oc1ccc(-c2ccccc2-c2ccccc2)cc1. The molecule has 0 spiro atoms. The van der Waals surface area contributed by atoms with Gasteiger partial charge in [-0.15, -0.1) is 0 Å². The standard InChI is InChI=1S/C37H26O3/c38-37(39-31-23-19-29(20-24-31)35-17-9-7-15-33(35)27-11-3-1-4-12-27)40-32-25-21-30(22-26-32)36-18-10-8-16-34(36)28-13-5-2-6-14-28/h1-26H. The number of ether oxygens (including phenoxy) is 2. The fourth-order valence-electron chi connectivity index (χ4n) is 4.83. The van der Waals surface area contributed by atoms with E-state index in [0.717, 1.165) is 44.5 Å². The van der Waals surface area contributed by atoms with E-state index in [2.05, 4.69) is 48.5 Å². The van der Waals surface area contributed by atoms with E-state index in [-0.39, 0.29) is 0 Å². The summed E-state index contributed by atoms with van der Waals surface area (Å²) < 4.78 is 10.9. The smallest absolute Gasteiger partial charge is 0.395 e. The molecule has 0 N–H and O–H groups in total. The first-order valence-electron chi connectivity index (χ1n) is 13.1. The predicted molar refractivity (Wildman–Crippen MR) is 161 cm³/mol. The van der Waals surface area contributed by atoms with Crippen LogP contribution in [0.2, 0.25) is 0 Å². The number of carbonyl (C=O) groups excluding carboxylic acids is 1. The van der Waals surface area contributed by atoms with Crippen LogP contribution in [0.25, 0.3) is 44.5 Å². The van der Waals surface area contributed by atoms with Crippen molar-refractivity contribution in [2.45, 2.75) is 0 Å². The first-order chi connectivity index (χ1) is 19.7. The van der Waals surface area contributed by atoms with Crippen LogP contribution in [0.5, 0.6) is 11.5 Å². The number of rotatable bonds is 6. The van der Waals surface area contributed by atoms with E-state index in [4.69, 9.17) is 9.47 Å². The molecule has 0 saturated carbocycles. The van der Waals surface area contributed by atoms with E-state index >= 15 is 0 Å². The number of hydrogen-bond acceptors (Lipinski definition) is 3. The first kappa shape index (κ1) is 24.9. The van der Waals surface area contributed by atoms with E-state index in [9.17, 15) is 4.79 Å². The van der Waals surface area contributed by atoms with Crippen LogP contribution in [0.3, 0.4) is 0 Å². The van der Waals surface area contributed by atoms with Gasteiger partial charge in [-0.2, -0.15) is 0 Å². The van der Waals surface area contributed by atoms with Crippen LogP contribution in [-0.2, 0) is 0 Å². The zero-order valence-corrected chi connectivity index (χ0v) is 21.7. The molecule has 0 atom stereocenters. The summed E-state index contributed by atoms with van der Waals surface area (Å²) in [5, 5.41) is 0. The average Bonchev–Trinajstić information content (AvgIpc) is 3.03. The summed E-state index contributed by atoms with van der Waals surface area (Å²) in [7, 11) is 0. The van der Waals surface area contributed by atoms with Gasteiger partial charge >= 0.3 is 6.16 Å². The van der Waals surface area contributed by atoms with Gasteiger partial charge in [-0.3, -0.25) is 0 Å². The molecule has 192 valence electrons.